The zero-order valence-corrected chi connectivity index (χ0v) is 10.2. The van der Waals surface area contributed by atoms with Gasteiger partial charge in [-0.15, -0.1) is 0 Å². The second-order valence-electron chi connectivity index (χ2n) is 4.90. The van der Waals surface area contributed by atoms with Crippen LogP contribution in [0.4, 0.5) is 0 Å². The smallest absolute Gasteiger partial charge is 0.0685 e. The van der Waals surface area contributed by atoms with Crippen molar-refractivity contribution in [1.82, 2.24) is 10.2 Å². The molecule has 0 atom stereocenters. The molecule has 2 heteroatoms. The Labute approximate surface area is 87.1 Å². The molecule has 1 rings (SSSR count). The van der Waals surface area contributed by atoms with Gasteiger partial charge in [-0.1, -0.05) is 41.5 Å². The fourth-order valence-corrected chi connectivity index (χ4v) is 1.87. The number of rotatable bonds is 3. The highest BCUT2D eigenvalue weighted by Crippen LogP contribution is 2.30. The third-order valence-electron chi connectivity index (χ3n) is 2.56. The highest BCUT2D eigenvalue weighted by atomic mass is 15.1. The van der Waals surface area contributed by atoms with Crippen LogP contribution in [0.1, 0.15) is 76.2 Å². The van der Waals surface area contributed by atoms with Gasteiger partial charge in [0, 0.05) is 5.69 Å². The van der Waals surface area contributed by atoms with E-state index >= 15 is 0 Å². The molecule has 1 aromatic heterocycles. The van der Waals surface area contributed by atoms with Crippen LogP contribution >= 0.6 is 0 Å². The first-order valence-electron chi connectivity index (χ1n) is 5.53. The molecule has 0 radical (unpaired) electrons. The van der Waals surface area contributed by atoms with Gasteiger partial charge < -0.3 is 0 Å². The van der Waals surface area contributed by atoms with E-state index in [0.29, 0.717) is 17.8 Å². The predicted molar refractivity (Wildman–Crippen MR) is 60.9 cm³/mol. The zero-order chi connectivity index (χ0) is 10.9. The average Bonchev–Trinajstić information content (AvgIpc) is 2.46. The number of aromatic amines is 1. The van der Waals surface area contributed by atoms with Crippen molar-refractivity contribution < 1.29 is 0 Å². The maximum atomic E-state index is 4.43. The lowest BCUT2D eigenvalue weighted by Gasteiger charge is -2.12. The van der Waals surface area contributed by atoms with Crippen LogP contribution in [0, 0.1) is 0 Å². The summed E-state index contributed by atoms with van der Waals surface area (Å²) in [5.41, 5.74) is 3.97. The molecule has 0 unspecified atom stereocenters. The van der Waals surface area contributed by atoms with Crippen LogP contribution in [-0.4, -0.2) is 10.2 Å². The standard InChI is InChI=1S/C12H22N2/c1-7(2)10-11(8(3)4)13-14-12(10)9(5)6/h7-9H,1-6H3,(H,13,14). The first-order valence-corrected chi connectivity index (χ1v) is 5.53. The van der Waals surface area contributed by atoms with Crippen molar-refractivity contribution in [2.45, 2.75) is 59.3 Å². The van der Waals surface area contributed by atoms with E-state index in [4.69, 9.17) is 0 Å². The van der Waals surface area contributed by atoms with Gasteiger partial charge in [0.2, 0.25) is 0 Å². The van der Waals surface area contributed by atoms with E-state index in [1.165, 1.54) is 17.0 Å². The maximum absolute atomic E-state index is 4.43. The second kappa shape index (κ2) is 4.16. The Hall–Kier alpha value is -0.790. The van der Waals surface area contributed by atoms with Gasteiger partial charge in [0.25, 0.3) is 0 Å². The number of H-pyrrole nitrogens is 1. The second-order valence-corrected chi connectivity index (χ2v) is 4.90. The summed E-state index contributed by atoms with van der Waals surface area (Å²) in [6, 6.07) is 0. The summed E-state index contributed by atoms with van der Waals surface area (Å²) in [5, 5.41) is 7.62. The summed E-state index contributed by atoms with van der Waals surface area (Å²) >= 11 is 0. The first kappa shape index (κ1) is 11.3. The summed E-state index contributed by atoms with van der Waals surface area (Å²) in [6.07, 6.45) is 0. The monoisotopic (exact) mass is 194 g/mol. The van der Waals surface area contributed by atoms with Crippen LogP contribution in [0.5, 0.6) is 0 Å². The lowest BCUT2D eigenvalue weighted by Crippen LogP contribution is -2.00. The Bertz CT molecular complexity index is 270. The van der Waals surface area contributed by atoms with Crippen LogP contribution in [-0.2, 0) is 0 Å². The van der Waals surface area contributed by atoms with Crippen molar-refractivity contribution in [3.05, 3.63) is 17.0 Å². The quantitative estimate of drug-likeness (QED) is 0.779. The minimum Gasteiger partial charge on any atom is -0.282 e. The SMILES string of the molecule is CC(C)c1n[nH]c(C(C)C)c1C(C)C. The van der Waals surface area contributed by atoms with Crippen molar-refractivity contribution in [2.24, 2.45) is 0 Å². The molecular weight excluding hydrogens is 172 g/mol. The lowest BCUT2D eigenvalue weighted by molar-refractivity contribution is 0.751. The Morgan fingerprint density at radius 1 is 0.857 bits per heavy atom. The van der Waals surface area contributed by atoms with E-state index in [2.05, 4.69) is 51.7 Å². The van der Waals surface area contributed by atoms with Gasteiger partial charge >= 0.3 is 0 Å². The van der Waals surface area contributed by atoms with Gasteiger partial charge in [0.1, 0.15) is 0 Å². The summed E-state index contributed by atoms with van der Waals surface area (Å²) in [4.78, 5) is 0. The number of hydrogen-bond donors (Lipinski definition) is 1. The molecule has 1 heterocycles. The highest BCUT2D eigenvalue weighted by molar-refractivity contribution is 5.32. The number of aromatic nitrogens is 2. The van der Waals surface area contributed by atoms with Crippen LogP contribution < -0.4 is 0 Å². The fourth-order valence-electron chi connectivity index (χ4n) is 1.87. The lowest BCUT2D eigenvalue weighted by atomic mass is 9.91. The fraction of sp³-hybridized carbons (Fsp3) is 0.750. The third-order valence-corrected chi connectivity index (χ3v) is 2.56. The topological polar surface area (TPSA) is 28.7 Å². The molecule has 0 fully saturated rings. The minimum atomic E-state index is 0.510. The number of nitrogens with zero attached hydrogens (tertiary/aromatic N) is 1. The minimum absolute atomic E-state index is 0.510. The Kier molecular flexibility index (Phi) is 3.35. The molecular formula is C12H22N2. The van der Waals surface area contributed by atoms with Gasteiger partial charge in [-0.2, -0.15) is 5.10 Å². The molecule has 0 aliphatic carbocycles. The summed E-state index contributed by atoms with van der Waals surface area (Å²) in [5.74, 6) is 1.60. The summed E-state index contributed by atoms with van der Waals surface area (Å²) in [7, 11) is 0. The van der Waals surface area contributed by atoms with Crippen LogP contribution in [0.25, 0.3) is 0 Å². The van der Waals surface area contributed by atoms with Crippen LogP contribution in [0.3, 0.4) is 0 Å². The molecule has 0 aliphatic rings. The summed E-state index contributed by atoms with van der Waals surface area (Å²) < 4.78 is 0. The maximum Gasteiger partial charge on any atom is 0.0685 e. The van der Waals surface area contributed by atoms with Crippen molar-refractivity contribution in [2.75, 3.05) is 0 Å². The molecule has 0 saturated carbocycles. The molecule has 0 amide bonds. The van der Waals surface area contributed by atoms with Gasteiger partial charge in [0.15, 0.2) is 0 Å². The van der Waals surface area contributed by atoms with Gasteiger partial charge in [-0.25, -0.2) is 0 Å². The predicted octanol–water partition coefficient (Wildman–Crippen LogP) is 3.78. The number of hydrogen-bond acceptors (Lipinski definition) is 1. The normalized spacial score (nSPS) is 12.1. The van der Waals surface area contributed by atoms with Gasteiger partial charge in [0.05, 0.1) is 5.69 Å². The Morgan fingerprint density at radius 3 is 1.79 bits per heavy atom. The molecule has 1 aromatic rings. The van der Waals surface area contributed by atoms with Gasteiger partial charge in [-0.3, -0.25) is 5.10 Å². The molecule has 80 valence electrons. The zero-order valence-electron chi connectivity index (χ0n) is 10.2. The molecule has 1 N–H and O–H groups in total. The van der Waals surface area contributed by atoms with Crippen LogP contribution in [0.15, 0.2) is 0 Å². The highest BCUT2D eigenvalue weighted by Gasteiger charge is 2.19. The Morgan fingerprint density at radius 2 is 1.43 bits per heavy atom. The van der Waals surface area contributed by atoms with Crippen molar-refractivity contribution in [3.8, 4) is 0 Å². The van der Waals surface area contributed by atoms with E-state index in [9.17, 15) is 0 Å². The van der Waals surface area contributed by atoms with E-state index in [1.54, 1.807) is 0 Å². The summed E-state index contributed by atoms with van der Waals surface area (Å²) in [6.45, 7) is 13.3. The van der Waals surface area contributed by atoms with Gasteiger partial charge in [-0.05, 0) is 23.3 Å². The van der Waals surface area contributed by atoms with E-state index in [-0.39, 0.29) is 0 Å². The molecule has 0 bridgehead atoms. The third kappa shape index (κ3) is 1.99. The molecule has 0 aromatic carbocycles. The first-order chi connectivity index (χ1) is 6.45. The van der Waals surface area contributed by atoms with Crippen LogP contribution in [0.2, 0.25) is 0 Å². The largest absolute Gasteiger partial charge is 0.282 e. The van der Waals surface area contributed by atoms with E-state index in [0.717, 1.165) is 0 Å². The van der Waals surface area contributed by atoms with Crippen molar-refractivity contribution in [3.63, 3.8) is 0 Å². The molecule has 0 aliphatic heterocycles. The molecule has 0 spiro atoms. The van der Waals surface area contributed by atoms with E-state index in [1.807, 2.05) is 0 Å². The average molecular weight is 194 g/mol. The van der Waals surface area contributed by atoms with Crippen molar-refractivity contribution in [1.29, 1.82) is 0 Å². The van der Waals surface area contributed by atoms with Crippen molar-refractivity contribution >= 4 is 0 Å². The Balaban J connectivity index is 3.20. The van der Waals surface area contributed by atoms with E-state index < -0.39 is 0 Å². The molecule has 0 saturated heterocycles. The molecule has 14 heavy (non-hydrogen) atoms. The molecule has 2 nitrogen and oxygen atoms in total. The number of nitrogens with one attached hydrogen (secondary N) is 1.